The van der Waals surface area contributed by atoms with Crippen LogP contribution in [0.3, 0.4) is 0 Å². The molecule has 0 aliphatic carbocycles. The van der Waals surface area contributed by atoms with Gasteiger partial charge in [0, 0.05) is 5.56 Å². The predicted octanol–water partition coefficient (Wildman–Crippen LogP) is 2.66. The van der Waals surface area contributed by atoms with E-state index in [1.54, 1.807) is 26.8 Å². The number of aliphatic hydroxyl groups is 1. The Hall–Kier alpha value is -3.33. The van der Waals surface area contributed by atoms with Crippen molar-refractivity contribution in [2.75, 3.05) is 25.2 Å². The molecule has 0 bridgehead atoms. The number of anilines is 1. The fourth-order valence-electron chi connectivity index (χ4n) is 3.14. The smallest absolute Gasteiger partial charge is 0.421 e. The summed E-state index contributed by atoms with van der Waals surface area (Å²) >= 11 is 0. The van der Waals surface area contributed by atoms with Crippen LogP contribution in [-0.2, 0) is 19.7 Å². The van der Waals surface area contributed by atoms with Crippen LogP contribution in [0, 0.1) is 0 Å². The van der Waals surface area contributed by atoms with Gasteiger partial charge < -0.3 is 23.7 Å². The number of furan rings is 1. The topological polar surface area (TPSA) is 116 Å². The summed E-state index contributed by atoms with van der Waals surface area (Å²) in [7, 11) is 1.45. The van der Waals surface area contributed by atoms with Crippen LogP contribution >= 0.6 is 0 Å². The van der Waals surface area contributed by atoms with E-state index in [0.29, 0.717) is 5.75 Å². The maximum atomic E-state index is 13.4. The molecule has 1 aromatic heterocycles. The molecule has 1 aliphatic heterocycles. The summed E-state index contributed by atoms with van der Waals surface area (Å²) in [4.78, 5) is 39.2. The molecule has 2 amide bonds. The van der Waals surface area contributed by atoms with Gasteiger partial charge in [-0.3, -0.25) is 4.79 Å². The Morgan fingerprint density at radius 1 is 1.23 bits per heavy atom. The van der Waals surface area contributed by atoms with E-state index in [1.807, 2.05) is 0 Å². The Balaban J connectivity index is 2.01. The van der Waals surface area contributed by atoms with Gasteiger partial charge in [-0.1, -0.05) is 0 Å². The molecule has 0 radical (unpaired) electrons. The summed E-state index contributed by atoms with van der Waals surface area (Å²) in [6, 6.07) is 7.54. The average Bonchev–Trinajstić information content (AvgIpc) is 3.30. The molecule has 1 unspecified atom stereocenters. The Kier molecular flexibility index (Phi) is 5.58. The number of methoxy groups -OCH3 is 1. The van der Waals surface area contributed by atoms with Crippen LogP contribution in [0.4, 0.5) is 10.5 Å². The number of imide groups is 1. The number of carbonyl (C=O) groups is 3. The van der Waals surface area contributed by atoms with Gasteiger partial charge >= 0.3 is 12.1 Å². The third-order valence-electron chi connectivity index (χ3n) is 4.59. The Morgan fingerprint density at radius 2 is 1.97 bits per heavy atom. The Bertz CT molecular complexity index is 960. The quantitative estimate of drug-likeness (QED) is 0.739. The molecule has 0 fully saturated rings. The predicted molar refractivity (Wildman–Crippen MR) is 104 cm³/mol. The third-order valence-corrected chi connectivity index (χ3v) is 4.59. The second-order valence-corrected chi connectivity index (χ2v) is 7.80. The summed E-state index contributed by atoms with van der Waals surface area (Å²) in [6.07, 6.45) is 0.412. The van der Waals surface area contributed by atoms with E-state index in [2.05, 4.69) is 0 Å². The minimum absolute atomic E-state index is 0.0524. The van der Waals surface area contributed by atoms with Crippen LogP contribution in [0.25, 0.3) is 0 Å². The van der Waals surface area contributed by atoms with Gasteiger partial charge in [0.05, 0.1) is 25.7 Å². The zero-order chi connectivity index (χ0) is 22.1. The standard InChI is InChI=1S/C21H23NO8/c1-20(2,3)30-19(26)22-15-8-7-13(27-4)10-14(15)21(11-23,18(22)25)12-29-17(24)16-6-5-9-28-16/h5-10,23H,11-12H2,1-4H3. The normalized spacial score (nSPS) is 18.2. The number of aliphatic hydroxyl groups excluding tert-OH is 1. The van der Waals surface area contributed by atoms with Gasteiger partial charge in [-0.15, -0.1) is 0 Å². The van der Waals surface area contributed by atoms with Crippen molar-refractivity contribution < 1.29 is 38.1 Å². The first kappa shape index (κ1) is 21.4. The lowest BCUT2D eigenvalue weighted by Crippen LogP contribution is -2.49. The maximum absolute atomic E-state index is 13.4. The zero-order valence-electron chi connectivity index (χ0n) is 17.1. The number of hydrogen-bond donors (Lipinski definition) is 1. The molecular weight excluding hydrogens is 394 g/mol. The highest BCUT2D eigenvalue weighted by Gasteiger charge is 2.55. The fraction of sp³-hybridized carbons (Fsp3) is 0.381. The SMILES string of the molecule is COc1ccc2c(c1)C(CO)(COC(=O)c1ccco1)C(=O)N2C(=O)OC(C)(C)C. The molecule has 0 saturated carbocycles. The number of fused-ring (bicyclic) bond motifs is 1. The maximum Gasteiger partial charge on any atom is 0.421 e. The molecule has 9 nitrogen and oxygen atoms in total. The van der Waals surface area contributed by atoms with Crippen molar-refractivity contribution in [1.82, 2.24) is 0 Å². The lowest BCUT2D eigenvalue weighted by Gasteiger charge is -2.27. The summed E-state index contributed by atoms with van der Waals surface area (Å²) in [6.45, 7) is 3.79. The number of esters is 1. The van der Waals surface area contributed by atoms with Crippen molar-refractivity contribution in [3.05, 3.63) is 47.9 Å². The van der Waals surface area contributed by atoms with E-state index >= 15 is 0 Å². The van der Waals surface area contributed by atoms with Crippen molar-refractivity contribution in [2.24, 2.45) is 0 Å². The monoisotopic (exact) mass is 417 g/mol. The molecule has 1 aliphatic rings. The highest BCUT2D eigenvalue weighted by molar-refractivity contribution is 6.21. The van der Waals surface area contributed by atoms with E-state index in [9.17, 15) is 19.5 Å². The van der Waals surface area contributed by atoms with E-state index in [0.717, 1.165) is 4.90 Å². The van der Waals surface area contributed by atoms with Gasteiger partial charge in [0.1, 0.15) is 23.4 Å². The molecule has 1 N–H and O–H groups in total. The number of carbonyl (C=O) groups excluding carboxylic acids is 3. The first-order chi connectivity index (χ1) is 14.1. The number of nitrogens with zero attached hydrogens (tertiary/aromatic N) is 1. The lowest BCUT2D eigenvalue weighted by atomic mass is 9.83. The summed E-state index contributed by atoms with van der Waals surface area (Å²) in [5.41, 5.74) is -2.05. The minimum Gasteiger partial charge on any atom is -0.497 e. The number of ether oxygens (including phenoxy) is 3. The molecule has 2 heterocycles. The molecule has 9 heteroatoms. The summed E-state index contributed by atoms with van der Waals surface area (Å²) in [5.74, 6) is -1.22. The van der Waals surface area contributed by atoms with Gasteiger partial charge in [0.2, 0.25) is 5.76 Å². The van der Waals surface area contributed by atoms with Crippen LogP contribution < -0.4 is 9.64 Å². The van der Waals surface area contributed by atoms with Gasteiger partial charge in [-0.05, 0) is 51.1 Å². The summed E-state index contributed by atoms with van der Waals surface area (Å²) < 4.78 is 20.8. The highest BCUT2D eigenvalue weighted by atomic mass is 16.6. The number of hydrogen-bond acceptors (Lipinski definition) is 8. The molecule has 1 aromatic carbocycles. The highest BCUT2D eigenvalue weighted by Crippen LogP contribution is 2.44. The van der Waals surface area contributed by atoms with Crippen LogP contribution in [0.2, 0.25) is 0 Å². The second-order valence-electron chi connectivity index (χ2n) is 7.80. The van der Waals surface area contributed by atoms with Gasteiger partial charge in [0.25, 0.3) is 5.91 Å². The number of rotatable bonds is 5. The zero-order valence-corrected chi connectivity index (χ0v) is 17.1. The fourth-order valence-corrected chi connectivity index (χ4v) is 3.14. The molecule has 160 valence electrons. The Labute approximate surface area is 173 Å². The minimum atomic E-state index is -1.71. The number of amides is 2. The van der Waals surface area contributed by atoms with Crippen molar-refractivity contribution in [2.45, 2.75) is 31.8 Å². The van der Waals surface area contributed by atoms with E-state index in [4.69, 9.17) is 18.6 Å². The second kappa shape index (κ2) is 7.83. The van der Waals surface area contributed by atoms with Crippen LogP contribution in [0.5, 0.6) is 5.75 Å². The largest absolute Gasteiger partial charge is 0.497 e. The average molecular weight is 417 g/mol. The molecule has 0 saturated heterocycles. The Morgan fingerprint density at radius 3 is 2.53 bits per heavy atom. The molecular formula is C21H23NO8. The third kappa shape index (κ3) is 3.76. The van der Waals surface area contributed by atoms with Crippen LogP contribution in [-0.4, -0.2) is 49.0 Å². The summed E-state index contributed by atoms with van der Waals surface area (Å²) in [5, 5.41) is 10.2. The first-order valence-corrected chi connectivity index (χ1v) is 9.20. The van der Waals surface area contributed by atoms with Crippen molar-refractivity contribution in [1.29, 1.82) is 0 Å². The van der Waals surface area contributed by atoms with Crippen molar-refractivity contribution in [3.63, 3.8) is 0 Å². The number of benzene rings is 1. The van der Waals surface area contributed by atoms with Gasteiger partial charge in [-0.2, -0.15) is 0 Å². The van der Waals surface area contributed by atoms with Crippen LogP contribution in [0.1, 0.15) is 36.9 Å². The first-order valence-electron chi connectivity index (χ1n) is 9.20. The van der Waals surface area contributed by atoms with Crippen molar-refractivity contribution in [3.8, 4) is 5.75 Å². The molecule has 1 atom stereocenters. The molecule has 3 rings (SSSR count). The van der Waals surface area contributed by atoms with E-state index in [-0.39, 0.29) is 17.0 Å². The molecule has 0 spiro atoms. The van der Waals surface area contributed by atoms with Gasteiger partial charge in [0.15, 0.2) is 0 Å². The lowest BCUT2D eigenvalue weighted by molar-refractivity contribution is -0.126. The molecule has 30 heavy (non-hydrogen) atoms. The van der Waals surface area contributed by atoms with E-state index in [1.165, 1.54) is 37.6 Å². The van der Waals surface area contributed by atoms with Crippen molar-refractivity contribution >= 4 is 23.7 Å². The van der Waals surface area contributed by atoms with Crippen LogP contribution in [0.15, 0.2) is 41.0 Å². The van der Waals surface area contributed by atoms with Gasteiger partial charge in [-0.25, -0.2) is 14.5 Å². The molecule has 2 aromatic rings. The van der Waals surface area contributed by atoms with E-state index < -0.39 is 42.2 Å².